The third kappa shape index (κ3) is 3.62. The van der Waals surface area contributed by atoms with E-state index in [1.165, 1.54) is 0 Å². The van der Waals surface area contributed by atoms with E-state index in [2.05, 4.69) is 17.0 Å². The lowest BCUT2D eigenvalue weighted by Gasteiger charge is -2.20. The fourth-order valence-electron chi connectivity index (χ4n) is 3.07. The Morgan fingerprint density at radius 1 is 1.17 bits per heavy atom. The van der Waals surface area contributed by atoms with Crippen molar-refractivity contribution < 1.29 is 4.79 Å². The van der Waals surface area contributed by atoms with Crippen LogP contribution in [-0.2, 0) is 6.54 Å². The molecule has 0 aliphatic carbocycles. The molecule has 24 heavy (non-hydrogen) atoms. The average molecular weight is 347 g/mol. The normalized spacial score (nSPS) is 16.2. The van der Waals surface area contributed by atoms with Crippen molar-refractivity contribution in [2.45, 2.75) is 19.9 Å². The molecule has 1 saturated heterocycles. The summed E-state index contributed by atoms with van der Waals surface area (Å²) in [5.74, 6) is -0.00730. The van der Waals surface area contributed by atoms with E-state index in [1.807, 2.05) is 42.2 Å². The van der Waals surface area contributed by atoms with Crippen LogP contribution in [0.2, 0.25) is 5.15 Å². The van der Waals surface area contributed by atoms with E-state index in [-0.39, 0.29) is 5.91 Å². The standard InChI is InChI=1S/C18H23ClN4O/c1-14-16(18(24)22-10-6-9-21(2)11-12-22)17(19)23(20-14)13-15-7-4-3-5-8-15/h3-5,7-8H,6,9-13H2,1-2H3. The number of hydrogen-bond acceptors (Lipinski definition) is 3. The second kappa shape index (κ2) is 7.36. The van der Waals surface area contributed by atoms with Crippen molar-refractivity contribution in [2.75, 3.05) is 33.2 Å². The van der Waals surface area contributed by atoms with Crippen molar-refractivity contribution in [1.82, 2.24) is 19.6 Å². The van der Waals surface area contributed by atoms with E-state index in [9.17, 15) is 4.79 Å². The van der Waals surface area contributed by atoms with Gasteiger partial charge in [-0.05, 0) is 32.5 Å². The molecule has 6 heteroatoms. The van der Waals surface area contributed by atoms with Crippen molar-refractivity contribution in [2.24, 2.45) is 0 Å². The summed E-state index contributed by atoms with van der Waals surface area (Å²) in [7, 11) is 2.09. The Hall–Kier alpha value is -1.85. The lowest BCUT2D eigenvalue weighted by atomic mass is 10.2. The van der Waals surface area contributed by atoms with Crippen LogP contribution in [0, 0.1) is 6.92 Å². The minimum absolute atomic E-state index is 0.00730. The van der Waals surface area contributed by atoms with E-state index < -0.39 is 0 Å². The van der Waals surface area contributed by atoms with Crippen molar-refractivity contribution in [3.05, 3.63) is 52.3 Å². The number of hydrogen-bond donors (Lipinski definition) is 0. The van der Waals surface area contributed by atoms with Crippen LogP contribution in [0.1, 0.15) is 28.0 Å². The van der Waals surface area contributed by atoms with Crippen LogP contribution in [0.25, 0.3) is 0 Å². The fourth-order valence-corrected chi connectivity index (χ4v) is 3.38. The maximum atomic E-state index is 12.9. The van der Waals surface area contributed by atoms with Crippen LogP contribution in [0.4, 0.5) is 0 Å². The number of nitrogens with zero attached hydrogens (tertiary/aromatic N) is 4. The Morgan fingerprint density at radius 3 is 2.67 bits per heavy atom. The number of halogens is 1. The molecule has 2 aromatic rings. The molecular formula is C18H23ClN4O. The van der Waals surface area contributed by atoms with E-state index in [4.69, 9.17) is 11.6 Å². The largest absolute Gasteiger partial charge is 0.337 e. The molecule has 1 aromatic carbocycles. The van der Waals surface area contributed by atoms with Gasteiger partial charge >= 0.3 is 0 Å². The van der Waals surface area contributed by atoms with Crippen LogP contribution < -0.4 is 0 Å². The highest BCUT2D eigenvalue weighted by Gasteiger charge is 2.26. The molecule has 1 aliphatic rings. The second-order valence-electron chi connectivity index (χ2n) is 6.34. The van der Waals surface area contributed by atoms with Crippen LogP contribution in [0.15, 0.2) is 30.3 Å². The summed E-state index contributed by atoms with van der Waals surface area (Å²) in [5.41, 5.74) is 2.34. The van der Waals surface area contributed by atoms with Crippen LogP contribution >= 0.6 is 11.6 Å². The summed E-state index contributed by atoms with van der Waals surface area (Å²) in [6, 6.07) is 10.0. The molecule has 0 unspecified atom stereocenters. The molecule has 0 N–H and O–H groups in total. The molecule has 0 spiro atoms. The van der Waals surface area contributed by atoms with Crippen molar-refractivity contribution >= 4 is 17.5 Å². The van der Waals surface area contributed by atoms with Gasteiger partial charge in [-0.2, -0.15) is 5.10 Å². The second-order valence-corrected chi connectivity index (χ2v) is 6.70. The number of rotatable bonds is 3. The zero-order chi connectivity index (χ0) is 17.1. The highest BCUT2D eigenvalue weighted by Crippen LogP contribution is 2.23. The zero-order valence-electron chi connectivity index (χ0n) is 14.2. The zero-order valence-corrected chi connectivity index (χ0v) is 15.0. The molecular weight excluding hydrogens is 324 g/mol. The highest BCUT2D eigenvalue weighted by atomic mass is 35.5. The van der Waals surface area contributed by atoms with Gasteiger partial charge in [0.15, 0.2) is 0 Å². The molecule has 1 fully saturated rings. The van der Waals surface area contributed by atoms with Gasteiger partial charge in [0.2, 0.25) is 0 Å². The van der Waals surface area contributed by atoms with Gasteiger partial charge < -0.3 is 9.80 Å². The number of aryl methyl sites for hydroxylation is 1. The van der Waals surface area contributed by atoms with E-state index in [0.29, 0.717) is 23.0 Å². The maximum Gasteiger partial charge on any atom is 0.258 e. The molecule has 1 aromatic heterocycles. The number of carbonyl (C=O) groups is 1. The summed E-state index contributed by atoms with van der Waals surface area (Å²) in [5, 5.41) is 4.92. The number of amides is 1. The Balaban J connectivity index is 1.82. The molecule has 2 heterocycles. The summed E-state index contributed by atoms with van der Waals surface area (Å²) in [6.45, 7) is 5.82. The highest BCUT2D eigenvalue weighted by molar-refractivity contribution is 6.33. The average Bonchev–Trinajstić information content (AvgIpc) is 2.73. The van der Waals surface area contributed by atoms with Crippen molar-refractivity contribution in [1.29, 1.82) is 0 Å². The van der Waals surface area contributed by atoms with Crippen LogP contribution in [0.5, 0.6) is 0 Å². The Labute approximate surface area is 147 Å². The SMILES string of the molecule is Cc1nn(Cc2ccccc2)c(Cl)c1C(=O)N1CCCN(C)CC1. The lowest BCUT2D eigenvalue weighted by Crippen LogP contribution is -2.34. The van der Waals surface area contributed by atoms with Gasteiger partial charge in [-0.15, -0.1) is 0 Å². The van der Waals surface area contributed by atoms with Gasteiger partial charge in [0.1, 0.15) is 5.15 Å². The van der Waals surface area contributed by atoms with Gasteiger partial charge in [-0.1, -0.05) is 41.9 Å². The smallest absolute Gasteiger partial charge is 0.258 e. The van der Waals surface area contributed by atoms with E-state index >= 15 is 0 Å². The first-order valence-electron chi connectivity index (χ1n) is 8.31. The Morgan fingerprint density at radius 2 is 1.92 bits per heavy atom. The maximum absolute atomic E-state index is 12.9. The van der Waals surface area contributed by atoms with Gasteiger partial charge in [0, 0.05) is 19.6 Å². The van der Waals surface area contributed by atoms with Crippen molar-refractivity contribution in [3.8, 4) is 0 Å². The Kier molecular flexibility index (Phi) is 5.21. The molecule has 0 atom stereocenters. The first kappa shape index (κ1) is 17.0. The Bertz CT molecular complexity index is 713. The monoisotopic (exact) mass is 346 g/mol. The predicted octanol–water partition coefficient (Wildman–Crippen LogP) is 2.67. The van der Waals surface area contributed by atoms with Gasteiger partial charge in [0.05, 0.1) is 17.8 Å². The van der Waals surface area contributed by atoms with E-state index in [0.717, 1.165) is 38.2 Å². The quantitative estimate of drug-likeness (QED) is 0.858. The van der Waals surface area contributed by atoms with Gasteiger partial charge in [0.25, 0.3) is 5.91 Å². The molecule has 128 valence electrons. The molecule has 0 saturated carbocycles. The topological polar surface area (TPSA) is 41.4 Å². The first-order valence-corrected chi connectivity index (χ1v) is 8.68. The summed E-state index contributed by atoms with van der Waals surface area (Å²) in [4.78, 5) is 17.1. The third-order valence-corrected chi connectivity index (χ3v) is 4.85. The van der Waals surface area contributed by atoms with Crippen molar-refractivity contribution in [3.63, 3.8) is 0 Å². The molecule has 0 bridgehead atoms. The van der Waals surface area contributed by atoms with Gasteiger partial charge in [-0.25, -0.2) is 4.68 Å². The number of likely N-dealkylation sites (N-methyl/N-ethyl adjacent to an activating group) is 1. The van der Waals surface area contributed by atoms with Crippen LogP contribution in [0.3, 0.4) is 0 Å². The summed E-state index contributed by atoms with van der Waals surface area (Å²) >= 11 is 6.51. The molecule has 0 radical (unpaired) electrons. The third-order valence-electron chi connectivity index (χ3n) is 4.46. The minimum atomic E-state index is -0.00730. The molecule has 1 aliphatic heterocycles. The molecule has 1 amide bonds. The minimum Gasteiger partial charge on any atom is -0.337 e. The first-order chi connectivity index (χ1) is 11.6. The number of carbonyl (C=O) groups excluding carboxylic acids is 1. The summed E-state index contributed by atoms with van der Waals surface area (Å²) < 4.78 is 1.71. The fraction of sp³-hybridized carbons (Fsp3) is 0.444. The van der Waals surface area contributed by atoms with Gasteiger partial charge in [-0.3, -0.25) is 4.79 Å². The molecule has 3 rings (SSSR count). The summed E-state index contributed by atoms with van der Waals surface area (Å²) in [6.07, 6.45) is 0.983. The van der Waals surface area contributed by atoms with E-state index in [1.54, 1.807) is 4.68 Å². The molecule has 5 nitrogen and oxygen atoms in total. The predicted molar refractivity (Wildman–Crippen MR) is 95.5 cm³/mol. The number of aromatic nitrogens is 2. The lowest BCUT2D eigenvalue weighted by molar-refractivity contribution is 0.0762. The number of benzene rings is 1. The van der Waals surface area contributed by atoms with Crippen LogP contribution in [-0.4, -0.2) is 58.7 Å².